The number of nitrogens with zero attached hydrogens (tertiary/aromatic N) is 1. The third-order valence-corrected chi connectivity index (χ3v) is 2.44. The number of nitrogens with two attached hydrogens (primary N) is 1. The van der Waals surface area contributed by atoms with Crippen molar-refractivity contribution in [3.05, 3.63) is 47.4 Å². The fourth-order valence-electron chi connectivity index (χ4n) is 1.53. The van der Waals surface area contributed by atoms with Gasteiger partial charge in [-0.25, -0.2) is 0 Å². The molecule has 0 fully saturated rings. The molecule has 0 radical (unpaired) electrons. The first-order chi connectivity index (χ1) is 8.19. The second kappa shape index (κ2) is 4.62. The van der Waals surface area contributed by atoms with Crippen LogP contribution < -0.4 is 11.1 Å². The lowest BCUT2D eigenvalue weighted by Crippen LogP contribution is -1.99. The van der Waals surface area contributed by atoms with E-state index < -0.39 is 0 Å². The smallest absolute Gasteiger partial charge is 0.123 e. The lowest BCUT2D eigenvalue weighted by Gasteiger charge is -2.05. The molecule has 0 aliphatic heterocycles. The largest absolute Gasteiger partial charge is 0.465 e. The first-order valence-corrected chi connectivity index (χ1v) is 5.28. The van der Waals surface area contributed by atoms with Crippen molar-refractivity contribution < 1.29 is 4.42 Å². The van der Waals surface area contributed by atoms with Gasteiger partial charge in [0.25, 0.3) is 0 Å². The molecule has 1 heterocycles. The minimum atomic E-state index is 0.477. The highest BCUT2D eigenvalue weighted by Gasteiger charge is 2.01. The van der Waals surface area contributed by atoms with Crippen molar-refractivity contribution in [3.63, 3.8) is 0 Å². The normalized spacial score (nSPS) is 9.88. The van der Waals surface area contributed by atoms with E-state index in [2.05, 4.69) is 5.32 Å². The highest BCUT2D eigenvalue weighted by atomic mass is 16.3. The van der Waals surface area contributed by atoms with Gasteiger partial charge in [0.1, 0.15) is 17.6 Å². The Labute approximate surface area is 99.7 Å². The van der Waals surface area contributed by atoms with E-state index in [1.165, 1.54) is 0 Å². The molecule has 86 valence electrons. The van der Waals surface area contributed by atoms with E-state index in [0.29, 0.717) is 17.8 Å². The van der Waals surface area contributed by atoms with Crippen LogP contribution in [0, 0.1) is 18.3 Å². The van der Waals surface area contributed by atoms with E-state index in [-0.39, 0.29) is 0 Å². The van der Waals surface area contributed by atoms with E-state index in [9.17, 15) is 0 Å². The maximum Gasteiger partial charge on any atom is 0.123 e. The summed E-state index contributed by atoms with van der Waals surface area (Å²) >= 11 is 0. The van der Waals surface area contributed by atoms with Crippen molar-refractivity contribution in [1.29, 1.82) is 5.26 Å². The zero-order valence-electron chi connectivity index (χ0n) is 9.53. The third-order valence-electron chi connectivity index (χ3n) is 2.44. The number of furan rings is 1. The fraction of sp³-hybridized carbons (Fsp3) is 0.154. The van der Waals surface area contributed by atoms with Gasteiger partial charge in [0.15, 0.2) is 0 Å². The van der Waals surface area contributed by atoms with Crippen LogP contribution in [0.2, 0.25) is 0 Å². The number of nitriles is 1. The van der Waals surface area contributed by atoms with E-state index in [4.69, 9.17) is 15.4 Å². The highest BCUT2D eigenvalue weighted by molar-refractivity contribution is 5.61. The molecular weight excluding hydrogens is 214 g/mol. The van der Waals surface area contributed by atoms with Crippen molar-refractivity contribution >= 4 is 11.4 Å². The molecule has 4 heteroatoms. The van der Waals surface area contributed by atoms with Gasteiger partial charge in [-0.3, -0.25) is 0 Å². The molecule has 2 aromatic rings. The number of rotatable bonds is 3. The SMILES string of the molecule is Cc1ccc(CNc2ccc(N)c(C#N)c2)o1. The van der Waals surface area contributed by atoms with Gasteiger partial charge in [-0.15, -0.1) is 0 Å². The first-order valence-electron chi connectivity index (χ1n) is 5.28. The number of nitrogen functional groups attached to an aromatic ring is 1. The van der Waals surface area contributed by atoms with Crippen LogP contribution in [0.5, 0.6) is 0 Å². The quantitative estimate of drug-likeness (QED) is 0.790. The number of benzene rings is 1. The van der Waals surface area contributed by atoms with Gasteiger partial charge < -0.3 is 15.5 Å². The van der Waals surface area contributed by atoms with E-state index in [0.717, 1.165) is 17.2 Å². The summed E-state index contributed by atoms with van der Waals surface area (Å²) in [6, 6.07) is 11.2. The zero-order chi connectivity index (χ0) is 12.3. The summed E-state index contributed by atoms with van der Waals surface area (Å²) in [6.07, 6.45) is 0. The molecule has 4 nitrogen and oxygen atoms in total. The Morgan fingerprint density at radius 3 is 2.82 bits per heavy atom. The molecule has 0 atom stereocenters. The minimum Gasteiger partial charge on any atom is -0.465 e. The van der Waals surface area contributed by atoms with Crippen LogP contribution in [0.1, 0.15) is 17.1 Å². The zero-order valence-corrected chi connectivity index (χ0v) is 9.53. The number of anilines is 2. The molecule has 17 heavy (non-hydrogen) atoms. The maximum absolute atomic E-state index is 8.86. The van der Waals surface area contributed by atoms with Crippen molar-refractivity contribution in [2.45, 2.75) is 13.5 Å². The van der Waals surface area contributed by atoms with Gasteiger partial charge in [-0.05, 0) is 37.3 Å². The molecule has 0 aliphatic carbocycles. The standard InChI is InChI=1S/C13H13N3O/c1-9-2-4-12(17-9)8-16-11-3-5-13(15)10(6-11)7-14/h2-6,16H,8,15H2,1H3. The van der Waals surface area contributed by atoms with Crippen LogP contribution in [0.4, 0.5) is 11.4 Å². The molecule has 3 N–H and O–H groups in total. The molecule has 0 unspecified atom stereocenters. The number of nitrogens with one attached hydrogen (secondary N) is 1. The lowest BCUT2D eigenvalue weighted by molar-refractivity contribution is 0.490. The van der Waals surface area contributed by atoms with Crippen LogP contribution in [-0.2, 0) is 6.54 Å². The Bertz CT molecular complexity index is 566. The van der Waals surface area contributed by atoms with Crippen molar-refractivity contribution in [1.82, 2.24) is 0 Å². The van der Waals surface area contributed by atoms with E-state index in [1.807, 2.05) is 31.2 Å². The topological polar surface area (TPSA) is 75.0 Å². The van der Waals surface area contributed by atoms with Crippen LogP contribution >= 0.6 is 0 Å². The van der Waals surface area contributed by atoms with Gasteiger partial charge in [-0.1, -0.05) is 0 Å². The minimum absolute atomic E-state index is 0.477. The molecule has 0 bridgehead atoms. The summed E-state index contributed by atoms with van der Waals surface area (Å²) in [6.45, 7) is 2.49. The Morgan fingerprint density at radius 2 is 2.18 bits per heavy atom. The van der Waals surface area contributed by atoms with Gasteiger partial charge in [0.05, 0.1) is 12.1 Å². The Morgan fingerprint density at radius 1 is 1.35 bits per heavy atom. The van der Waals surface area contributed by atoms with Gasteiger partial charge in [-0.2, -0.15) is 5.26 Å². The second-order valence-electron chi connectivity index (χ2n) is 3.78. The number of hydrogen-bond acceptors (Lipinski definition) is 4. The molecule has 1 aromatic carbocycles. The Balaban J connectivity index is 2.07. The van der Waals surface area contributed by atoms with Crippen molar-refractivity contribution in [3.8, 4) is 6.07 Å². The third kappa shape index (κ3) is 2.58. The summed E-state index contributed by atoms with van der Waals surface area (Å²) in [7, 11) is 0. The van der Waals surface area contributed by atoms with E-state index >= 15 is 0 Å². The summed E-state index contributed by atoms with van der Waals surface area (Å²) in [5.74, 6) is 1.75. The molecule has 2 rings (SSSR count). The highest BCUT2D eigenvalue weighted by Crippen LogP contribution is 2.18. The molecule has 0 aliphatic rings. The van der Waals surface area contributed by atoms with Gasteiger partial charge >= 0.3 is 0 Å². The molecule has 0 amide bonds. The molecule has 0 saturated heterocycles. The van der Waals surface area contributed by atoms with Crippen LogP contribution in [0.3, 0.4) is 0 Å². The van der Waals surface area contributed by atoms with Crippen LogP contribution in [0.15, 0.2) is 34.7 Å². The lowest BCUT2D eigenvalue weighted by atomic mass is 10.2. The summed E-state index contributed by atoms with van der Waals surface area (Å²) < 4.78 is 5.43. The molecule has 1 aromatic heterocycles. The van der Waals surface area contributed by atoms with Crippen molar-refractivity contribution in [2.24, 2.45) is 0 Å². The predicted molar refractivity (Wildman–Crippen MR) is 66.3 cm³/mol. The van der Waals surface area contributed by atoms with Gasteiger partial charge in [0.2, 0.25) is 0 Å². The fourth-order valence-corrected chi connectivity index (χ4v) is 1.53. The average molecular weight is 227 g/mol. The number of aryl methyl sites for hydroxylation is 1. The second-order valence-corrected chi connectivity index (χ2v) is 3.78. The van der Waals surface area contributed by atoms with Crippen LogP contribution in [0.25, 0.3) is 0 Å². The van der Waals surface area contributed by atoms with E-state index in [1.54, 1.807) is 12.1 Å². The first kappa shape index (κ1) is 11.1. The Kier molecular flexibility index (Phi) is 3.01. The summed E-state index contributed by atoms with van der Waals surface area (Å²) in [4.78, 5) is 0. The molecule has 0 saturated carbocycles. The molecular formula is C13H13N3O. The van der Waals surface area contributed by atoms with Crippen LogP contribution in [-0.4, -0.2) is 0 Å². The van der Waals surface area contributed by atoms with Gasteiger partial charge in [0, 0.05) is 11.4 Å². The Hall–Kier alpha value is -2.41. The predicted octanol–water partition coefficient (Wildman–Crippen LogP) is 2.65. The summed E-state index contributed by atoms with van der Waals surface area (Å²) in [5, 5.41) is 12.0. The van der Waals surface area contributed by atoms with Crippen molar-refractivity contribution in [2.75, 3.05) is 11.1 Å². The maximum atomic E-state index is 8.86. The monoisotopic (exact) mass is 227 g/mol. The molecule has 0 spiro atoms. The summed E-state index contributed by atoms with van der Waals surface area (Å²) in [5.41, 5.74) is 7.46. The number of hydrogen-bond donors (Lipinski definition) is 2. The average Bonchev–Trinajstić information content (AvgIpc) is 2.74.